The highest BCUT2D eigenvalue weighted by molar-refractivity contribution is 8.07. The molecule has 0 spiro atoms. The number of thioether (sulfide) groups is 2. The molecule has 0 saturated carbocycles. The van der Waals surface area contributed by atoms with Gasteiger partial charge >= 0.3 is 0 Å². The van der Waals surface area contributed by atoms with E-state index in [-0.39, 0.29) is 6.04 Å². The van der Waals surface area contributed by atoms with Crippen LogP contribution in [0.15, 0.2) is 11.8 Å². The number of nitrogens with two attached hydrogens (primary N) is 1. The fraction of sp³-hybridized carbons (Fsp3) is 0.818. The molecule has 2 aliphatic heterocycles. The van der Waals surface area contributed by atoms with E-state index in [2.05, 4.69) is 25.3 Å². The zero-order valence-corrected chi connectivity index (χ0v) is 11.4. The Morgan fingerprint density at radius 1 is 1.50 bits per heavy atom. The minimum Gasteiger partial charge on any atom is -0.496 e. The van der Waals surface area contributed by atoms with Crippen LogP contribution >= 0.6 is 23.5 Å². The predicted octanol–water partition coefficient (Wildman–Crippen LogP) is 1.75. The largest absolute Gasteiger partial charge is 0.496 e. The maximum absolute atomic E-state index is 5.67. The zero-order chi connectivity index (χ0) is 11.5. The molecule has 0 radical (unpaired) electrons. The van der Waals surface area contributed by atoms with Crippen molar-refractivity contribution in [2.75, 3.05) is 12.4 Å². The van der Waals surface area contributed by atoms with Gasteiger partial charge in [0.2, 0.25) is 0 Å². The zero-order valence-electron chi connectivity index (χ0n) is 9.81. The molecule has 0 amide bonds. The minimum absolute atomic E-state index is 0.176. The number of ether oxygens (including phenoxy) is 1. The summed E-state index contributed by atoms with van der Waals surface area (Å²) in [6, 6.07) is 0.176. The lowest BCUT2D eigenvalue weighted by atomic mass is 10.2. The quantitative estimate of drug-likeness (QED) is 0.598. The lowest BCUT2D eigenvalue weighted by Gasteiger charge is -2.35. The summed E-state index contributed by atoms with van der Waals surface area (Å²) < 4.78 is 5.62. The summed E-state index contributed by atoms with van der Waals surface area (Å²) in [5, 5.41) is 1.94. The van der Waals surface area contributed by atoms with Crippen molar-refractivity contribution in [1.82, 2.24) is 5.43 Å². The van der Waals surface area contributed by atoms with Crippen molar-refractivity contribution in [3.8, 4) is 0 Å². The van der Waals surface area contributed by atoms with Gasteiger partial charge in [-0.25, -0.2) is 5.43 Å². The van der Waals surface area contributed by atoms with Crippen molar-refractivity contribution in [3.63, 3.8) is 0 Å². The first-order valence-electron chi connectivity index (χ1n) is 5.78. The standard InChI is InChI=1S/C11H20N2OS2/c1-7-8(2)16-10(6-15-7)11(13-12)9-4-3-5-14-9/h4,7-8,10-11,13H,3,5-6,12H2,1-2H3. The van der Waals surface area contributed by atoms with Crippen LogP contribution in [0.5, 0.6) is 0 Å². The summed E-state index contributed by atoms with van der Waals surface area (Å²) in [6.45, 7) is 5.41. The molecule has 0 aromatic heterocycles. The SMILES string of the molecule is CC1SCC(C(NN)C2=CCCO2)SC1C. The van der Waals surface area contributed by atoms with E-state index in [1.807, 2.05) is 23.5 Å². The molecule has 16 heavy (non-hydrogen) atoms. The van der Waals surface area contributed by atoms with Crippen LogP contribution in [0.4, 0.5) is 0 Å². The number of rotatable bonds is 3. The van der Waals surface area contributed by atoms with Crippen LogP contribution in [-0.2, 0) is 4.74 Å². The van der Waals surface area contributed by atoms with Crippen molar-refractivity contribution in [2.45, 2.75) is 42.1 Å². The van der Waals surface area contributed by atoms with E-state index in [4.69, 9.17) is 10.6 Å². The Hall–Kier alpha value is 0.160. The van der Waals surface area contributed by atoms with E-state index in [0.29, 0.717) is 10.5 Å². The molecule has 0 aromatic rings. The highest BCUT2D eigenvalue weighted by atomic mass is 32.2. The number of hydrogen-bond acceptors (Lipinski definition) is 5. The Morgan fingerprint density at radius 2 is 2.31 bits per heavy atom. The summed E-state index contributed by atoms with van der Waals surface area (Å²) in [6.07, 6.45) is 3.18. The van der Waals surface area contributed by atoms with Crippen LogP contribution in [0, 0.1) is 0 Å². The van der Waals surface area contributed by atoms with Gasteiger partial charge in [0.25, 0.3) is 0 Å². The van der Waals surface area contributed by atoms with Crippen LogP contribution in [0.2, 0.25) is 0 Å². The van der Waals surface area contributed by atoms with E-state index >= 15 is 0 Å². The van der Waals surface area contributed by atoms with Gasteiger partial charge in [0.05, 0.1) is 12.6 Å². The molecule has 5 heteroatoms. The molecule has 4 atom stereocenters. The normalized spacial score (nSPS) is 36.7. The predicted molar refractivity (Wildman–Crippen MR) is 72.5 cm³/mol. The number of nitrogens with one attached hydrogen (secondary N) is 1. The molecule has 3 nitrogen and oxygen atoms in total. The van der Waals surface area contributed by atoms with Crippen LogP contribution in [-0.4, -0.2) is 34.2 Å². The monoisotopic (exact) mass is 260 g/mol. The second-order valence-corrected chi connectivity index (χ2v) is 7.34. The Morgan fingerprint density at radius 3 is 2.88 bits per heavy atom. The van der Waals surface area contributed by atoms with E-state index in [0.717, 1.165) is 29.8 Å². The van der Waals surface area contributed by atoms with Crippen molar-refractivity contribution in [2.24, 2.45) is 5.84 Å². The fourth-order valence-corrected chi connectivity index (χ4v) is 5.09. The molecule has 0 aliphatic carbocycles. The van der Waals surface area contributed by atoms with Gasteiger partial charge in [0.15, 0.2) is 0 Å². The molecule has 1 fully saturated rings. The molecule has 3 N–H and O–H groups in total. The second kappa shape index (κ2) is 5.67. The molecule has 0 aromatic carbocycles. The van der Waals surface area contributed by atoms with Crippen LogP contribution in [0.3, 0.4) is 0 Å². The van der Waals surface area contributed by atoms with Gasteiger partial charge in [-0.2, -0.15) is 23.5 Å². The van der Waals surface area contributed by atoms with E-state index in [1.165, 1.54) is 0 Å². The van der Waals surface area contributed by atoms with Crippen molar-refractivity contribution < 1.29 is 4.74 Å². The van der Waals surface area contributed by atoms with E-state index in [1.54, 1.807) is 0 Å². The highest BCUT2D eigenvalue weighted by Crippen LogP contribution is 2.38. The average molecular weight is 260 g/mol. The first-order valence-corrected chi connectivity index (χ1v) is 7.77. The molecular weight excluding hydrogens is 240 g/mol. The topological polar surface area (TPSA) is 47.3 Å². The first kappa shape index (κ1) is 12.6. The Labute approximate surface area is 106 Å². The van der Waals surface area contributed by atoms with Gasteiger partial charge in [0, 0.05) is 27.9 Å². The van der Waals surface area contributed by atoms with Gasteiger partial charge in [-0.05, 0) is 6.08 Å². The van der Waals surface area contributed by atoms with Crippen molar-refractivity contribution in [3.05, 3.63) is 11.8 Å². The van der Waals surface area contributed by atoms with Crippen molar-refractivity contribution >= 4 is 23.5 Å². The summed E-state index contributed by atoms with van der Waals surface area (Å²) in [4.78, 5) is 0. The van der Waals surface area contributed by atoms with Gasteiger partial charge in [-0.3, -0.25) is 5.84 Å². The second-order valence-electron chi connectivity index (χ2n) is 4.31. The Balaban J connectivity index is 1.99. The molecule has 4 unspecified atom stereocenters. The lowest BCUT2D eigenvalue weighted by Crippen LogP contribution is -2.47. The van der Waals surface area contributed by atoms with Gasteiger partial charge in [-0.15, -0.1) is 0 Å². The van der Waals surface area contributed by atoms with Gasteiger partial charge in [0.1, 0.15) is 5.76 Å². The first-order chi connectivity index (χ1) is 7.72. The van der Waals surface area contributed by atoms with Crippen LogP contribution in [0.1, 0.15) is 20.3 Å². The summed E-state index contributed by atoms with van der Waals surface area (Å²) >= 11 is 4.07. The smallest absolute Gasteiger partial charge is 0.112 e. The summed E-state index contributed by atoms with van der Waals surface area (Å²) in [7, 11) is 0. The molecule has 0 bridgehead atoms. The summed E-state index contributed by atoms with van der Waals surface area (Å²) in [5.41, 5.74) is 2.92. The molecular formula is C11H20N2OS2. The maximum atomic E-state index is 5.67. The van der Waals surface area contributed by atoms with Crippen LogP contribution in [0.25, 0.3) is 0 Å². The molecule has 92 valence electrons. The molecule has 2 heterocycles. The van der Waals surface area contributed by atoms with Crippen molar-refractivity contribution in [1.29, 1.82) is 0 Å². The van der Waals surface area contributed by atoms with Gasteiger partial charge in [-0.1, -0.05) is 13.8 Å². The third kappa shape index (κ3) is 2.70. The van der Waals surface area contributed by atoms with E-state index < -0.39 is 0 Å². The lowest BCUT2D eigenvalue weighted by molar-refractivity contribution is 0.215. The highest BCUT2D eigenvalue weighted by Gasteiger charge is 2.34. The third-order valence-electron chi connectivity index (χ3n) is 3.16. The molecule has 1 saturated heterocycles. The number of hydrazine groups is 1. The average Bonchev–Trinajstić information content (AvgIpc) is 2.78. The fourth-order valence-electron chi connectivity index (χ4n) is 2.01. The van der Waals surface area contributed by atoms with Gasteiger partial charge < -0.3 is 4.74 Å². The third-order valence-corrected chi connectivity index (χ3v) is 6.66. The maximum Gasteiger partial charge on any atom is 0.112 e. The molecule has 2 rings (SSSR count). The summed E-state index contributed by atoms with van der Waals surface area (Å²) in [5.74, 6) is 7.86. The Kier molecular flexibility index (Phi) is 4.47. The minimum atomic E-state index is 0.176. The van der Waals surface area contributed by atoms with E-state index in [9.17, 15) is 0 Å². The molecule has 2 aliphatic rings. The number of hydrogen-bond donors (Lipinski definition) is 2. The van der Waals surface area contributed by atoms with Crippen LogP contribution < -0.4 is 11.3 Å². The Bertz CT molecular complexity index is 273.